The molecule has 1 fully saturated rings. The second kappa shape index (κ2) is 4.57. The largest absolute Gasteiger partial charge is 0.376 e. The van der Waals surface area contributed by atoms with Gasteiger partial charge in [-0.2, -0.15) is 0 Å². The van der Waals surface area contributed by atoms with Crippen molar-refractivity contribution in [3.05, 3.63) is 17.5 Å². The average Bonchev–Trinajstić information content (AvgIpc) is 2.67. The summed E-state index contributed by atoms with van der Waals surface area (Å²) >= 11 is 5.70. The lowest BCUT2D eigenvalue weighted by molar-refractivity contribution is 0.120. The third-order valence-corrected chi connectivity index (χ3v) is 2.32. The van der Waals surface area contributed by atoms with Crippen LogP contribution in [-0.4, -0.2) is 29.2 Å². The molecule has 14 heavy (non-hydrogen) atoms. The summed E-state index contributed by atoms with van der Waals surface area (Å²) in [6, 6.07) is 0. The van der Waals surface area contributed by atoms with Crippen molar-refractivity contribution >= 4 is 17.4 Å². The van der Waals surface area contributed by atoms with E-state index in [4.69, 9.17) is 16.3 Å². The van der Waals surface area contributed by atoms with Crippen LogP contribution in [0, 0.1) is 0 Å². The Morgan fingerprint density at radius 3 is 3.21 bits per heavy atom. The van der Waals surface area contributed by atoms with E-state index in [-0.39, 0.29) is 0 Å². The van der Waals surface area contributed by atoms with E-state index in [1.807, 2.05) is 0 Å². The van der Waals surface area contributed by atoms with Crippen LogP contribution >= 0.6 is 11.6 Å². The van der Waals surface area contributed by atoms with Gasteiger partial charge < -0.3 is 10.1 Å². The van der Waals surface area contributed by atoms with Gasteiger partial charge in [-0.1, -0.05) is 11.6 Å². The molecule has 1 atom stereocenters. The Hall–Kier alpha value is -0.870. The first-order valence-electron chi connectivity index (χ1n) is 4.67. The minimum absolute atomic E-state index is 0.302. The van der Waals surface area contributed by atoms with Crippen molar-refractivity contribution in [2.24, 2.45) is 0 Å². The van der Waals surface area contributed by atoms with Gasteiger partial charge in [-0.25, -0.2) is 4.98 Å². The number of nitrogens with one attached hydrogen (secondary N) is 1. The van der Waals surface area contributed by atoms with Gasteiger partial charge in [-0.3, -0.25) is 4.98 Å². The highest BCUT2D eigenvalue weighted by molar-refractivity contribution is 6.29. The predicted octanol–water partition coefficient (Wildman–Crippen LogP) is 1.72. The SMILES string of the molecule is Clc1cncc(NC[C@@H]2CCCO2)n1. The molecule has 0 unspecified atom stereocenters. The molecule has 1 aromatic rings. The molecule has 0 bridgehead atoms. The van der Waals surface area contributed by atoms with Crippen molar-refractivity contribution in [3.8, 4) is 0 Å². The van der Waals surface area contributed by atoms with E-state index in [0.717, 1.165) is 26.0 Å². The molecule has 76 valence electrons. The van der Waals surface area contributed by atoms with E-state index >= 15 is 0 Å². The molecule has 0 radical (unpaired) electrons. The summed E-state index contributed by atoms with van der Waals surface area (Å²) in [5.41, 5.74) is 0. The summed E-state index contributed by atoms with van der Waals surface area (Å²) in [6.07, 6.45) is 5.73. The molecule has 4 nitrogen and oxygen atoms in total. The van der Waals surface area contributed by atoms with Gasteiger partial charge in [0.05, 0.1) is 18.5 Å². The van der Waals surface area contributed by atoms with Crippen molar-refractivity contribution in [2.75, 3.05) is 18.5 Å². The van der Waals surface area contributed by atoms with Crippen LogP contribution in [0.1, 0.15) is 12.8 Å². The van der Waals surface area contributed by atoms with E-state index in [1.54, 1.807) is 6.20 Å². The van der Waals surface area contributed by atoms with Gasteiger partial charge >= 0.3 is 0 Å². The van der Waals surface area contributed by atoms with Gasteiger partial charge in [-0.05, 0) is 12.8 Å². The van der Waals surface area contributed by atoms with Gasteiger partial charge in [0.1, 0.15) is 11.0 Å². The summed E-state index contributed by atoms with van der Waals surface area (Å²) in [5, 5.41) is 3.55. The summed E-state index contributed by atoms with van der Waals surface area (Å²) in [6.45, 7) is 1.64. The summed E-state index contributed by atoms with van der Waals surface area (Å²) in [7, 11) is 0. The second-order valence-corrected chi connectivity index (χ2v) is 3.63. The lowest BCUT2D eigenvalue weighted by Gasteiger charge is -2.10. The van der Waals surface area contributed by atoms with Crippen LogP contribution in [0.5, 0.6) is 0 Å². The molecule has 1 saturated heterocycles. The number of hydrogen-bond donors (Lipinski definition) is 1. The Bertz CT molecular complexity index is 302. The van der Waals surface area contributed by atoms with Crippen molar-refractivity contribution in [1.82, 2.24) is 9.97 Å². The van der Waals surface area contributed by atoms with Crippen molar-refractivity contribution in [3.63, 3.8) is 0 Å². The van der Waals surface area contributed by atoms with Crippen LogP contribution in [0.3, 0.4) is 0 Å². The molecule has 5 heteroatoms. The van der Waals surface area contributed by atoms with Crippen LogP contribution in [0.25, 0.3) is 0 Å². The fraction of sp³-hybridized carbons (Fsp3) is 0.556. The maximum Gasteiger partial charge on any atom is 0.149 e. The van der Waals surface area contributed by atoms with E-state index in [1.165, 1.54) is 6.20 Å². The maximum absolute atomic E-state index is 5.70. The maximum atomic E-state index is 5.70. The molecule has 0 aromatic carbocycles. The average molecular weight is 214 g/mol. The zero-order chi connectivity index (χ0) is 9.80. The van der Waals surface area contributed by atoms with Crippen LogP contribution in [0.15, 0.2) is 12.4 Å². The number of halogens is 1. The normalized spacial score (nSPS) is 21.1. The molecule has 0 aliphatic carbocycles. The molecule has 2 rings (SSSR count). The second-order valence-electron chi connectivity index (χ2n) is 3.24. The van der Waals surface area contributed by atoms with E-state index in [2.05, 4.69) is 15.3 Å². The lowest BCUT2D eigenvalue weighted by Crippen LogP contribution is -2.18. The van der Waals surface area contributed by atoms with Crippen LogP contribution in [0.2, 0.25) is 5.15 Å². The standard InChI is InChI=1S/C9H12ClN3O/c10-8-5-11-6-9(13-8)12-4-7-2-1-3-14-7/h5-7H,1-4H2,(H,12,13)/t7-/m0/s1. The van der Waals surface area contributed by atoms with Crippen molar-refractivity contribution < 1.29 is 4.74 Å². The van der Waals surface area contributed by atoms with E-state index < -0.39 is 0 Å². The van der Waals surface area contributed by atoms with Gasteiger partial charge in [0.25, 0.3) is 0 Å². The first-order chi connectivity index (χ1) is 6.84. The minimum atomic E-state index is 0.302. The van der Waals surface area contributed by atoms with Gasteiger partial charge in [0, 0.05) is 13.2 Å². The molecular weight excluding hydrogens is 202 g/mol. The Morgan fingerprint density at radius 2 is 2.50 bits per heavy atom. The number of ether oxygens (including phenoxy) is 1. The number of rotatable bonds is 3. The Balaban J connectivity index is 1.85. The van der Waals surface area contributed by atoms with Crippen molar-refractivity contribution in [1.29, 1.82) is 0 Å². The van der Waals surface area contributed by atoms with Crippen molar-refractivity contribution in [2.45, 2.75) is 18.9 Å². The summed E-state index contributed by atoms with van der Waals surface area (Å²) in [4.78, 5) is 8.00. The monoisotopic (exact) mass is 213 g/mol. The van der Waals surface area contributed by atoms with Gasteiger partial charge in [0.2, 0.25) is 0 Å². The zero-order valence-corrected chi connectivity index (χ0v) is 8.50. The molecule has 1 N–H and O–H groups in total. The number of aromatic nitrogens is 2. The summed E-state index contributed by atoms with van der Waals surface area (Å²) in [5.74, 6) is 0.702. The quantitative estimate of drug-likeness (QED) is 0.831. The highest BCUT2D eigenvalue weighted by atomic mass is 35.5. The third-order valence-electron chi connectivity index (χ3n) is 2.14. The number of nitrogens with zero attached hydrogens (tertiary/aromatic N) is 2. The van der Waals surface area contributed by atoms with E-state index in [0.29, 0.717) is 17.1 Å². The molecule has 1 aliphatic rings. The van der Waals surface area contributed by atoms with E-state index in [9.17, 15) is 0 Å². The first-order valence-corrected chi connectivity index (χ1v) is 5.05. The third kappa shape index (κ3) is 2.56. The molecule has 0 amide bonds. The fourth-order valence-corrected chi connectivity index (χ4v) is 1.60. The fourth-order valence-electron chi connectivity index (χ4n) is 1.45. The number of anilines is 1. The predicted molar refractivity (Wildman–Crippen MR) is 54.5 cm³/mol. The Labute approximate surface area is 87.7 Å². The van der Waals surface area contributed by atoms with Crippen LogP contribution < -0.4 is 5.32 Å². The topological polar surface area (TPSA) is 47.0 Å². The molecule has 0 saturated carbocycles. The smallest absolute Gasteiger partial charge is 0.149 e. The first kappa shape index (κ1) is 9.68. The van der Waals surface area contributed by atoms with Gasteiger partial charge in [-0.15, -0.1) is 0 Å². The molecular formula is C9H12ClN3O. The Kier molecular flexibility index (Phi) is 3.16. The molecule has 1 aliphatic heterocycles. The van der Waals surface area contributed by atoms with Crippen LogP contribution in [0.4, 0.5) is 5.82 Å². The molecule has 0 spiro atoms. The molecule has 1 aromatic heterocycles. The highest BCUT2D eigenvalue weighted by Gasteiger charge is 2.14. The zero-order valence-electron chi connectivity index (χ0n) is 7.74. The Morgan fingerprint density at radius 1 is 1.57 bits per heavy atom. The number of hydrogen-bond acceptors (Lipinski definition) is 4. The van der Waals surface area contributed by atoms with Gasteiger partial charge in [0.15, 0.2) is 0 Å². The lowest BCUT2D eigenvalue weighted by atomic mass is 10.2. The summed E-state index contributed by atoms with van der Waals surface area (Å²) < 4.78 is 5.46. The molecule has 2 heterocycles. The van der Waals surface area contributed by atoms with Crippen LogP contribution in [-0.2, 0) is 4.74 Å². The highest BCUT2D eigenvalue weighted by Crippen LogP contribution is 2.13. The minimum Gasteiger partial charge on any atom is -0.376 e.